The summed E-state index contributed by atoms with van der Waals surface area (Å²) in [7, 11) is 0. The standard InChI is InChI=1S/C14H22ClN/c1-2-3-6-14(16)7-4-5-12-8-10-13(15)11-9-12/h8-11,14H,2-7,16H2,1H3/t14-/m0/s1. The number of nitrogens with two attached hydrogens (primary N) is 1. The summed E-state index contributed by atoms with van der Waals surface area (Å²) in [6, 6.07) is 8.48. The van der Waals surface area contributed by atoms with Crippen LogP contribution < -0.4 is 5.73 Å². The Kier molecular flexibility index (Phi) is 6.51. The van der Waals surface area contributed by atoms with Crippen LogP contribution in [0.2, 0.25) is 5.02 Å². The van der Waals surface area contributed by atoms with Crippen LogP contribution in [0, 0.1) is 0 Å². The average molecular weight is 240 g/mol. The van der Waals surface area contributed by atoms with Crippen LogP contribution in [0.4, 0.5) is 0 Å². The van der Waals surface area contributed by atoms with Crippen LogP contribution in [-0.2, 0) is 6.42 Å². The summed E-state index contributed by atoms with van der Waals surface area (Å²) in [4.78, 5) is 0. The van der Waals surface area contributed by atoms with Crippen LogP contribution in [0.5, 0.6) is 0 Å². The molecule has 1 rings (SSSR count). The van der Waals surface area contributed by atoms with Crippen molar-refractivity contribution in [2.75, 3.05) is 0 Å². The highest BCUT2D eigenvalue weighted by Gasteiger charge is 2.01. The molecular formula is C14H22ClN. The van der Waals surface area contributed by atoms with E-state index in [0.717, 1.165) is 24.3 Å². The molecule has 0 saturated heterocycles. The average Bonchev–Trinajstić information content (AvgIpc) is 2.29. The molecule has 1 atom stereocenters. The van der Waals surface area contributed by atoms with E-state index in [1.54, 1.807) is 0 Å². The maximum atomic E-state index is 6.03. The Labute approximate surface area is 104 Å². The molecule has 0 fully saturated rings. The second kappa shape index (κ2) is 7.70. The predicted molar refractivity (Wildman–Crippen MR) is 71.9 cm³/mol. The Morgan fingerprint density at radius 2 is 1.75 bits per heavy atom. The minimum atomic E-state index is 0.382. The SMILES string of the molecule is CCCC[C@H](N)CCCc1ccc(Cl)cc1. The molecule has 16 heavy (non-hydrogen) atoms. The number of rotatable bonds is 7. The van der Waals surface area contributed by atoms with Crippen molar-refractivity contribution in [3.8, 4) is 0 Å². The van der Waals surface area contributed by atoms with Crippen molar-refractivity contribution in [3.05, 3.63) is 34.9 Å². The van der Waals surface area contributed by atoms with E-state index in [2.05, 4.69) is 19.1 Å². The largest absolute Gasteiger partial charge is 0.328 e. The molecule has 0 amide bonds. The van der Waals surface area contributed by atoms with E-state index < -0.39 is 0 Å². The molecule has 0 spiro atoms. The van der Waals surface area contributed by atoms with Crippen LogP contribution in [0.3, 0.4) is 0 Å². The van der Waals surface area contributed by atoms with Crippen molar-refractivity contribution in [2.45, 2.75) is 51.5 Å². The monoisotopic (exact) mass is 239 g/mol. The van der Waals surface area contributed by atoms with Gasteiger partial charge in [0.1, 0.15) is 0 Å². The van der Waals surface area contributed by atoms with Gasteiger partial charge >= 0.3 is 0 Å². The first-order valence-electron chi connectivity index (χ1n) is 6.22. The molecule has 0 aliphatic rings. The van der Waals surface area contributed by atoms with Gasteiger partial charge in [-0.25, -0.2) is 0 Å². The summed E-state index contributed by atoms with van der Waals surface area (Å²) in [6.07, 6.45) is 7.07. The maximum absolute atomic E-state index is 6.03. The molecule has 0 aromatic heterocycles. The predicted octanol–water partition coefficient (Wildman–Crippen LogP) is 4.18. The van der Waals surface area contributed by atoms with Crippen molar-refractivity contribution >= 4 is 11.6 Å². The van der Waals surface area contributed by atoms with Gasteiger partial charge in [-0.05, 0) is 43.4 Å². The summed E-state index contributed by atoms with van der Waals surface area (Å²) in [5, 5.41) is 0.809. The third-order valence-corrected chi connectivity index (χ3v) is 3.13. The first-order chi connectivity index (χ1) is 7.72. The Bertz CT molecular complexity index is 281. The van der Waals surface area contributed by atoms with Gasteiger partial charge in [-0.1, -0.05) is 43.5 Å². The molecule has 0 aliphatic heterocycles. The van der Waals surface area contributed by atoms with E-state index in [4.69, 9.17) is 17.3 Å². The molecule has 2 N–H and O–H groups in total. The van der Waals surface area contributed by atoms with Gasteiger partial charge in [0.25, 0.3) is 0 Å². The molecule has 0 radical (unpaired) electrons. The van der Waals surface area contributed by atoms with Gasteiger partial charge in [-0.2, -0.15) is 0 Å². The minimum Gasteiger partial charge on any atom is -0.328 e. The van der Waals surface area contributed by atoms with E-state index >= 15 is 0 Å². The van der Waals surface area contributed by atoms with Gasteiger partial charge in [-0.15, -0.1) is 0 Å². The van der Waals surface area contributed by atoms with Gasteiger partial charge in [0.15, 0.2) is 0 Å². The Morgan fingerprint density at radius 3 is 2.38 bits per heavy atom. The molecule has 1 nitrogen and oxygen atoms in total. The molecule has 0 saturated carbocycles. The second-order valence-electron chi connectivity index (χ2n) is 4.42. The zero-order chi connectivity index (χ0) is 11.8. The summed E-state index contributed by atoms with van der Waals surface area (Å²) in [5.74, 6) is 0. The molecular weight excluding hydrogens is 218 g/mol. The third kappa shape index (κ3) is 5.53. The Hall–Kier alpha value is -0.530. The van der Waals surface area contributed by atoms with Crippen LogP contribution in [0.1, 0.15) is 44.6 Å². The first-order valence-corrected chi connectivity index (χ1v) is 6.60. The van der Waals surface area contributed by atoms with Crippen LogP contribution >= 0.6 is 11.6 Å². The summed E-state index contributed by atoms with van der Waals surface area (Å²) < 4.78 is 0. The van der Waals surface area contributed by atoms with E-state index in [9.17, 15) is 0 Å². The van der Waals surface area contributed by atoms with Crippen LogP contribution in [0.25, 0.3) is 0 Å². The van der Waals surface area contributed by atoms with Gasteiger partial charge < -0.3 is 5.73 Å². The second-order valence-corrected chi connectivity index (χ2v) is 4.86. The van der Waals surface area contributed by atoms with Crippen LogP contribution in [0.15, 0.2) is 24.3 Å². The van der Waals surface area contributed by atoms with E-state index in [1.165, 1.54) is 24.8 Å². The van der Waals surface area contributed by atoms with Crippen molar-refractivity contribution in [3.63, 3.8) is 0 Å². The van der Waals surface area contributed by atoms with Crippen molar-refractivity contribution in [1.82, 2.24) is 0 Å². The number of hydrogen-bond acceptors (Lipinski definition) is 1. The van der Waals surface area contributed by atoms with Crippen molar-refractivity contribution in [1.29, 1.82) is 0 Å². The summed E-state index contributed by atoms with van der Waals surface area (Å²) in [5.41, 5.74) is 7.38. The topological polar surface area (TPSA) is 26.0 Å². The fourth-order valence-corrected chi connectivity index (χ4v) is 1.96. The smallest absolute Gasteiger partial charge is 0.0406 e. The number of unbranched alkanes of at least 4 members (excludes halogenated alkanes) is 1. The molecule has 0 unspecified atom stereocenters. The maximum Gasteiger partial charge on any atom is 0.0406 e. The quantitative estimate of drug-likeness (QED) is 0.759. The summed E-state index contributed by atoms with van der Waals surface area (Å²) in [6.45, 7) is 2.21. The van der Waals surface area contributed by atoms with Crippen molar-refractivity contribution in [2.24, 2.45) is 5.73 Å². The molecule has 1 aromatic carbocycles. The zero-order valence-electron chi connectivity index (χ0n) is 10.1. The Morgan fingerprint density at radius 1 is 1.12 bits per heavy atom. The number of aryl methyl sites for hydroxylation is 1. The normalized spacial score (nSPS) is 12.7. The highest BCUT2D eigenvalue weighted by Crippen LogP contribution is 2.13. The third-order valence-electron chi connectivity index (χ3n) is 2.88. The highest BCUT2D eigenvalue weighted by atomic mass is 35.5. The fourth-order valence-electron chi connectivity index (χ4n) is 1.83. The molecule has 0 aliphatic carbocycles. The van der Waals surface area contributed by atoms with Gasteiger partial charge in [0.2, 0.25) is 0 Å². The molecule has 0 bridgehead atoms. The highest BCUT2D eigenvalue weighted by molar-refractivity contribution is 6.30. The summed E-state index contributed by atoms with van der Waals surface area (Å²) >= 11 is 5.83. The lowest BCUT2D eigenvalue weighted by Crippen LogP contribution is -2.19. The fraction of sp³-hybridized carbons (Fsp3) is 0.571. The number of halogens is 1. The lowest BCUT2D eigenvalue weighted by atomic mass is 10.0. The van der Waals surface area contributed by atoms with E-state index in [1.807, 2.05) is 12.1 Å². The molecule has 2 heteroatoms. The first kappa shape index (κ1) is 13.5. The lowest BCUT2D eigenvalue weighted by molar-refractivity contribution is 0.523. The van der Waals surface area contributed by atoms with E-state index in [-0.39, 0.29) is 0 Å². The number of hydrogen-bond donors (Lipinski definition) is 1. The number of benzene rings is 1. The van der Waals surface area contributed by atoms with E-state index in [0.29, 0.717) is 6.04 Å². The van der Waals surface area contributed by atoms with Crippen LogP contribution in [-0.4, -0.2) is 6.04 Å². The van der Waals surface area contributed by atoms with Gasteiger partial charge in [0, 0.05) is 11.1 Å². The van der Waals surface area contributed by atoms with Crippen molar-refractivity contribution < 1.29 is 0 Å². The molecule has 90 valence electrons. The zero-order valence-corrected chi connectivity index (χ0v) is 10.8. The lowest BCUT2D eigenvalue weighted by Gasteiger charge is -2.10. The van der Waals surface area contributed by atoms with Gasteiger partial charge in [0.05, 0.1) is 0 Å². The minimum absolute atomic E-state index is 0.382. The van der Waals surface area contributed by atoms with Gasteiger partial charge in [-0.3, -0.25) is 0 Å². The molecule has 0 heterocycles. The Balaban J connectivity index is 2.17. The molecule has 1 aromatic rings.